The largest absolute Gasteiger partial charge is 0.465 e. The van der Waals surface area contributed by atoms with Gasteiger partial charge in [0.2, 0.25) is 0 Å². The van der Waals surface area contributed by atoms with E-state index in [0.717, 1.165) is 34.7 Å². The first-order valence-corrected chi connectivity index (χ1v) is 18.3. The second kappa shape index (κ2) is 16.7. The molecule has 1 fully saturated rings. The number of benzene rings is 3. The van der Waals surface area contributed by atoms with Crippen molar-refractivity contribution in [2.24, 2.45) is 5.92 Å². The third-order valence-electron chi connectivity index (χ3n) is 9.05. The van der Waals surface area contributed by atoms with Crippen molar-refractivity contribution in [3.05, 3.63) is 112 Å². The van der Waals surface area contributed by atoms with Gasteiger partial charge in [-0.3, -0.25) is 9.69 Å². The van der Waals surface area contributed by atoms with Crippen molar-refractivity contribution in [1.29, 1.82) is 0 Å². The van der Waals surface area contributed by atoms with Gasteiger partial charge in [0.1, 0.15) is 22.8 Å². The summed E-state index contributed by atoms with van der Waals surface area (Å²) >= 11 is 0. The van der Waals surface area contributed by atoms with E-state index in [1.807, 2.05) is 24.3 Å². The fourth-order valence-electron chi connectivity index (χ4n) is 5.90. The van der Waals surface area contributed by atoms with Gasteiger partial charge < -0.3 is 25.8 Å². The van der Waals surface area contributed by atoms with Gasteiger partial charge in [-0.05, 0) is 119 Å². The number of carbonyl (C=O) groups is 3. The number of hydrogen-bond donors (Lipinski definition) is 4. The van der Waals surface area contributed by atoms with Gasteiger partial charge in [0, 0.05) is 18.6 Å². The van der Waals surface area contributed by atoms with Crippen molar-refractivity contribution in [1.82, 2.24) is 25.3 Å². The molecule has 5 rings (SSSR count). The minimum absolute atomic E-state index is 0.0668. The van der Waals surface area contributed by atoms with Crippen LogP contribution < -0.4 is 16.0 Å². The number of amides is 3. The molecule has 0 saturated heterocycles. The van der Waals surface area contributed by atoms with E-state index in [2.05, 4.69) is 21.0 Å². The van der Waals surface area contributed by atoms with Crippen molar-refractivity contribution < 1.29 is 41.8 Å². The van der Waals surface area contributed by atoms with Gasteiger partial charge in [-0.1, -0.05) is 42.5 Å². The summed E-state index contributed by atoms with van der Waals surface area (Å²) < 4.78 is 64.5. The van der Waals surface area contributed by atoms with E-state index in [1.54, 1.807) is 59.7 Å². The first-order chi connectivity index (χ1) is 26.2. The Kier molecular flexibility index (Phi) is 12.5. The van der Waals surface area contributed by atoms with Crippen LogP contribution >= 0.6 is 0 Å². The van der Waals surface area contributed by atoms with Crippen LogP contribution in [-0.2, 0) is 23.7 Å². The lowest BCUT2D eigenvalue weighted by Crippen LogP contribution is -2.44. The lowest BCUT2D eigenvalue weighted by atomic mass is 9.96. The second-order valence-corrected chi connectivity index (χ2v) is 15.9. The summed E-state index contributed by atoms with van der Waals surface area (Å²) in [6, 6.07) is 18.2. The fraction of sp³-hybridized carbons (Fsp3) is 0.415. The summed E-state index contributed by atoms with van der Waals surface area (Å²) in [5.41, 5.74) is -0.235. The molecular weight excluding hydrogens is 732 g/mol. The van der Waals surface area contributed by atoms with Crippen LogP contribution in [0.25, 0.3) is 5.69 Å². The normalized spacial score (nSPS) is 13.9. The number of carbonyl (C=O) groups excluding carboxylic acids is 2. The lowest BCUT2D eigenvalue weighted by molar-refractivity contribution is -0.0324. The number of anilines is 1. The summed E-state index contributed by atoms with van der Waals surface area (Å²) in [6.45, 7) is 9.27. The number of nitrogens with one attached hydrogen (secondary N) is 3. The maximum absolute atomic E-state index is 15.4. The number of halogens is 4. The number of nitrogens with zero attached hydrogens (tertiary/aromatic N) is 3. The Labute approximate surface area is 323 Å². The van der Waals surface area contributed by atoms with Crippen molar-refractivity contribution in [3.8, 4) is 5.69 Å². The van der Waals surface area contributed by atoms with Gasteiger partial charge in [0.25, 0.3) is 5.91 Å². The highest BCUT2D eigenvalue weighted by molar-refractivity contribution is 6.03. The molecule has 1 atom stereocenters. The molecule has 3 aromatic carbocycles. The van der Waals surface area contributed by atoms with Gasteiger partial charge in [-0.2, -0.15) is 13.9 Å². The minimum atomic E-state index is -4.03. The average Bonchev–Trinajstić information content (AvgIpc) is 3.84. The highest BCUT2D eigenvalue weighted by Gasteiger charge is 2.37. The van der Waals surface area contributed by atoms with Gasteiger partial charge >= 0.3 is 18.1 Å². The zero-order chi connectivity index (χ0) is 41.0. The molecule has 0 aliphatic heterocycles. The van der Waals surface area contributed by atoms with Crippen LogP contribution in [0.2, 0.25) is 0 Å². The SMILES string of the molecule is CC(C)(C)OC(=O)NCc1ccc(C(NCC2CC2)c2ccc(F)c(NC(=O)c3cc(C(F)(F)CF)nn3-c3cccc(CN(C(=O)O)C(C)(C)C)c3)c2)cc1. The number of alkyl halides is 3. The van der Waals surface area contributed by atoms with E-state index in [9.17, 15) is 32.7 Å². The number of aromatic nitrogens is 2. The highest BCUT2D eigenvalue weighted by atomic mass is 19.3. The molecule has 1 aromatic heterocycles. The summed E-state index contributed by atoms with van der Waals surface area (Å²) in [6.07, 6.45) is 0.437. The maximum atomic E-state index is 15.4. The zero-order valence-corrected chi connectivity index (χ0v) is 32.3. The first kappa shape index (κ1) is 41.7. The van der Waals surface area contributed by atoms with Crippen molar-refractivity contribution in [2.45, 2.75) is 90.6 Å². The Morgan fingerprint density at radius 2 is 1.62 bits per heavy atom. The highest BCUT2D eigenvalue weighted by Crippen LogP contribution is 2.33. The lowest BCUT2D eigenvalue weighted by Gasteiger charge is -2.33. The fourth-order valence-corrected chi connectivity index (χ4v) is 5.90. The van der Waals surface area contributed by atoms with Crippen LogP contribution in [0.4, 0.5) is 32.8 Å². The predicted octanol–water partition coefficient (Wildman–Crippen LogP) is 8.72. The van der Waals surface area contributed by atoms with E-state index >= 15 is 4.39 Å². The standard InChI is InChI=1S/C41H48F4N6O5/c1-39(2,3)50(38(54)55)23-27-8-7-9-30(18-27)51-33(20-34(49-51)41(44,45)24-42)36(52)48-32-19-29(16-17-31(32)43)35(46-21-25-10-11-25)28-14-12-26(13-15-28)22-47-37(53)56-40(4,5)6/h7-9,12-20,25,35,46H,10-11,21-24H2,1-6H3,(H,47,53)(H,48,52)(H,54,55). The van der Waals surface area contributed by atoms with E-state index in [0.29, 0.717) is 23.6 Å². The molecular formula is C41H48F4N6O5. The van der Waals surface area contributed by atoms with Crippen molar-refractivity contribution in [3.63, 3.8) is 0 Å². The molecule has 1 aliphatic carbocycles. The van der Waals surface area contributed by atoms with Crippen LogP contribution in [-0.4, -0.2) is 62.2 Å². The topological polar surface area (TPSA) is 138 Å². The molecule has 15 heteroatoms. The van der Waals surface area contributed by atoms with Crippen molar-refractivity contribution >= 4 is 23.8 Å². The number of rotatable bonds is 14. The molecule has 0 radical (unpaired) electrons. The second-order valence-electron chi connectivity index (χ2n) is 15.9. The number of ether oxygens (including phenoxy) is 1. The summed E-state index contributed by atoms with van der Waals surface area (Å²) in [5, 5.41) is 22.4. The number of hydrogen-bond acceptors (Lipinski definition) is 6. The Morgan fingerprint density at radius 1 is 0.946 bits per heavy atom. The van der Waals surface area contributed by atoms with E-state index < -0.39 is 65.1 Å². The van der Waals surface area contributed by atoms with Gasteiger partial charge in [0.05, 0.1) is 17.4 Å². The average molecular weight is 781 g/mol. The molecule has 1 unspecified atom stereocenters. The van der Waals surface area contributed by atoms with Crippen LogP contribution in [0, 0.1) is 11.7 Å². The summed E-state index contributed by atoms with van der Waals surface area (Å²) in [4.78, 5) is 39.2. The van der Waals surface area contributed by atoms with Gasteiger partial charge in [-0.25, -0.2) is 23.1 Å². The molecule has 1 aliphatic rings. The van der Waals surface area contributed by atoms with Crippen LogP contribution in [0.3, 0.4) is 0 Å². The summed E-state index contributed by atoms with van der Waals surface area (Å²) in [5.74, 6) is -5.32. The first-order valence-electron chi connectivity index (χ1n) is 18.3. The Bertz CT molecular complexity index is 2040. The Balaban J connectivity index is 1.43. The predicted molar refractivity (Wildman–Crippen MR) is 203 cm³/mol. The van der Waals surface area contributed by atoms with Crippen LogP contribution in [0.15, 0.2) is 72.8 Å². The molecule has 1 saturated carbocycles. The molecule has 1 heterocycles. The molecule has 300 valence electrons. The van der Waals surface area contributed by atoms with Crippen LogP contribution in [0.1, 0.15) is 98.9 Å². The molecule has 0 spiro atoms. The van der Waals surface area contributed by atoms with Crippen LogP contribution in [0.5, 0.6) is 0 Å². The number of alkyl carbamates (subject to hydrolysis) is 1. The van der Waals surface area contributed by atoms with E-state index in [-0.39, 0.29) is 24.5 Å². The molecule has 0 bridgehead atoms. The van der Waals surface area contributed by atoms with Gasteiger partial charge in [0.15, 0.2) is 6.67 Å². The van der Waals surface area contributed by atoms with E-state index in [4.69, 9.17) is 4.74 Å². The Hall–Kier alpha value is -5.44. The van der Waals surface area contributed by atoms with Crippen molar-refractivity contribution in [2.75, 3.05) is 18.5 Å². The number of carboxylic acid groups (broad SMARTS) is 1. The van der Waals surface area contributed by atoms with E-state index in [1.165, 1.54) is 29.2 Å². The maximum Gasteiger partial charge on any atom is 0.408 e. The summed E-state index contributed by atoms with van der Waals surface area (Å²) in [7, 11) is 0. The smallest absolute Gasteiger partial charge is 0.408 e. The molecule has 56 heavy (non-hydrogen) atoms. The molecule has 11 nitrogen and oxygen atoms in total. The molecule has 3 amide bonds. The molecule has 4 N–H and O–H groups in total. The van der Waals surface area contributed by atoms with Gasteiger partial charge in [-0.15, -0.1) is 0 Å². The quantitative estimate of drug-likeness (QED) is 0.0940. The zero-order valence-electron chi connectivity index (χ0n) is 32.3. The Morgan fingerprint density at radius 3 is 2.23 bits per heavy atom. The third-order valence-corrected chi connectivity index (χ3v) is 9.05. The third kappa shape index (κ3) is 10.9. The molecule has 4 aromatic rings. The monoisotopic (exact) mass is 780 g/mol. The minimum Gasteiger partial charge on any atom is -0.465 e.